The van der Waals surface area contributed by atoms with Crippen molar-refractivity contribution in [3.63, 3.8) is 0 Å². The molecule has 0 spiro atoms. The van der Waals surface area contributed by atoms with Crippen molar-refractivity contribution in [2.75, 3.05) is 6.54 Å². The smallest absolute Gasteiger partial charge is 0.0917 e. The highest BCUT2D eigenvalue weighted by Gasteiger charge is 2.09. The van der Waals surface area contributed by atoms with Crippen LogP contribution in [0.2, 0.25) is 0 Å². The molecule has 66 valence electrons. The lowest BCUT2D eigenvalue weighted by Crippen LogP contribution is -2.13. The maximum Gasteiger partial charge on any atom is 0.0917 e. The van der Waals surface area contributed by atoms with E-state index in [1.165, 1.54) is 0 Å². The standard InChI is InChI=1S/C10H15NO/c1-7-4-3-5-8(2)10(7)9(12)6-11/h3-5,9,12H,6,11H2,1-2H3. The van der Waals surface area contributed by atoms with Crippen molar-refractivity contribution >= 4 is 0 Å². The van der Waals surface area contributed by atoms with Gasteiger partial charge in [0.25, 0.3) is 0 Å². The summed E-state index contributed by atoms with van der Waals surface area (Å²) in [4.78, 5) is 0. The summed E-state index contributed by atoms with van der Waals surface area (Å²) in [6, 6.07) is 5.96. The predicted octanol–water partition coefficient (Wildman–Crippen LogP) is 1.30. The molecule has 0 aliphatic carbocycles. The summed E-state index contributed by atoms with van der Waals surface area (Å²) < 4.78 is 0. The van der Waals surface area contributed by atoms with Crippen LogP contribution in [0.5, 0.6) is 0 Å². The van der Waals surface area contributed by atoms with E-state index in [1.807, 2.05) is 32.0 Å². The third kappa shape index (κ3) is 1.65. The zero-order chi connectivity index (χ0) is 9.14. The van der Waals surface area contributed by atoms with E-state index in [2.05, 4.69) is 0 Å². The molecule has 0 aliphatic heterocycles. The largest absolute Gasteiger partial charge is 0.387 e. The number of hydrogen-bond donors (Lipinski definition) is 2. The average Bonchev–Trinajstić information content (AvgIpc) is 2.03. The summed E-state index contributed by atoms with van der Waals surface area (Å²) in [6.07, 6.45) is -0.522. The summed E-state index contributed by atoms with van der Waals surface area (Å²) in [6.45, 7) is 4.26. The van der Waals surface area contributed by atoms with Gasteiger partial charge in [0.1, 0.15) is 0 Å². The minimum absolute atomic E-state index is 0.283. The zero-order valence-corrected chi connectivity index (χ0v) is 7.54. The number of nitrogens with two attached hydrogens (primary N) is 1. The number of aliphatic hydroxyl groups excluding tert-OH is 1. The van der Waals surface area contributed by atoms with Gasteiger partial charge in [-0.25, -0.2) is 0 Å². The molecule has 2 nitrogen and oxygen atoms in total. The van der Waals surface area contributed by atoms with Crippen LogP contribution in [0, 0.1) is 13.8 Å². The monoisotopic (exact) mass is 165 g/mol. The SMILES string of the molecule is Cc1cccc(C)c1C(O)CN. The van der Waals surface area contributed by atoms with E-state index in [4.69, 9.17) is 5.73 Å². The molecule has 3 N–H and O–H groups in total. The number of aryl methyl sites for hydroxylation is 2. The van der Waals surface area contributed by atoms with E-state index in [1.54, 1.807) is 0 Å². The van der Waals surface area contributed by atoms with E-state index >= 15 is 0 Å². The van der Waals surface area contributed by atoms with Gasteiger partial charge in [0.15, 0.2) is 0 Å². The normalized spacial score (nSPS) is 13.0. The van der Waals surface area contributed by atoms with Crippen LogP contribution in [-0.4, -0.2) is 11.7 Å². The second-order valence-electron chi connectivity index (χ2n) is 3.06. The van der Waals surface area contributed by atoms with E-state index in [0.29, 0.717) is 0 Å². The Hall–Kier alpha value is -0.860. The highest BCUT2D eigenvalue weighted by molar-refractivity contribution is 5.35. The van der Waals surface area contributed by atoms with Crippen LogP contribution in [0.25, 0.3) is 0 Å². The molecule has 0 amide bonds. The van der Waals surface area contributed by atoms with E-state index in [9.17, 15) is 5.11 Å². The lowest BCUT2D eigenvalue weighted by atomic mass is 9.98. The summed E-state index contributed by atoms with van der Waals surface area (Å²) in [5.74, 6) is 0. The first kappa shape index (κ1) is 9.23. The maximum absolute atomic E-state index is 9.57. The molecule has 0 fully saturated rings. The summed E-state index contributed by atoms with van der Waals surface area (Å²) in [5.41, 5.74) is 8.57. The molecule has 0 saturated carbocycles. The first-order valence-corrected chi connectivity index (χ1v) is 4.11. The summed E-state index contributed by atoms with van der Waals surface area (Å²) in [7, 11) is 0. The van der Waals surface area contributed by atoms with Gasteiger partial charge in [0.2, 0.25) is 0 Å². The van der Waals surface area contributed by atoms with Gasteiger partial charge in [-0.3, -0.25) is 0 Å². The first-order valence-electron chi connectivity index (χ1n) is 4.11. The first-order chi connectivity index (χ1) is 5.66. The van der Waals surface area contributed by atoms with Gasteiger partial charge >= 0.3 is 0 Å². The molecule has 0 aliphatic rings. The van der Waals surface area contributed by atoms with Crippen LogP contribution < -0.4 is 5.73 Å². The van der Waals surface area contributed by atoms with Gasteiger partial charge in [0, 0.05) is 6.54 Å². The highest BCUT2D eigenvalue weighted by atomic mass is 16.3. The molecule has 2 heteroatoms. The Morgan fingerprint density at radius 1 is 1.33 bits per heavy atom. The Morgan fingerprint density at radius 3 is 2.25 bits per heavy atom. The quantitative estimate of drug-likeness (QED) is 0.693. The fourth-order valence-corrected chi connectivity index (χ4v) is 1.47. The Labute approximate surface area is 73.0 Å². The van der Waals surface area contributed by atoms with Gasteiger partial charge in [-0.1, -0.05) is 18.2 Å². The molecule has 0 heterocycles. The predicted molar refractivity (Wildman–Crippen MR) is 49.9 cm³/mol. The van der Waals surface area contributed by atoms with Crippen LogP contribution in [0.3, 0.4) is 0 Å². The molecule has 0 bridgehead atoms. The van der Waals surface area contributed by atoms with Crippen molar-refractivity contribution in [2.45, 2.75) is 20.0 Å². The lowest BCUT2D eigenvalue weighted by molar-refractivity contribution is 0.185. The second-order valence-corrected chi connectivity index (χ2v) is 3.06. The van der Waals surface area contributed by atoms with Crippen molar-refractivity contribution in [1.29, 1.82) is 0 Å². The zero-order valence-electron chi connectivity index (χ0n) is 7.54. The fraction of sp³-hybridized carbons (Fsp3) is 0.400. The lowest BCUT2D eigenvalue weighted by Gasteiger charge is -2.14. The summed E-state index contributed by atoms with van der Waals surface area (Å²) >= 11 is 0. The van der Waals surface area contributed by atoms with Gasteiger partial charge in [-0.05, 0) is 30.5 Å². The number of aliphatic hydroxyl groups is 1. The average molecular weight is 165 g/mol. The molecule has 1 aromatic carbocycles. The molecule has 1 rings (SSSR count). The number of hydrogen-bond acceptors (Lipinski definition) is 2. The molecule has 1 atom stereocenters. The third-order valence-corrected chi connectivity index (χ3v) is 2.10. The van der Waals surface area contributed by atoms with Crippen molar-refractivity contribution < 1.29 is 5.11 Å². The maximum atomic E-state index is 9.57. The Balaban J connectivity index is 3.12. The highest BCUT2D eigenvalue weighted by Crippen LogP contribution is 2.20. The van der Waals surface area contributed by atoms with Crippen LogP contribution in [0.1, 0.15) is 22.8 Å². The van der Waals surface area contributed by atoms with E-state index < -0.39 is 6.10 Å². The minimum Gasteiger partial charge on any atom is -0.387 e. The van der Waals surface area contributed by atoms with E-state index in [0.717, 1.165) is 16.7 Å². The minimum atomic E-state index is -0.522. The van der Waals surface area contributed by atoms with Crippen molar-refractivity contribution in [3.8, 4) is 0 Å². The van der Waals surface area contributed by atoms with Gasteiger partial charge in [0.05, 0.1) is 6.10 Å². The van der Waals surface area contributed by atoms with Gasteiger partial charge in [-0.15, -0.1) is 0 Å². The molecule has 0 aromatic heterocycles. The molecule has 0 saturated heterocycles. The fourth-order valence-electron chi connectivity index (χ4n) is 1.47. The molecule has 1 unspecified atom stereocenters. The van der Waals surface area contributed by atoms with Crippen LogP contribution in [0.4, 0.5) is 0 Å². The third-order valence-electron chi connectivity index (χ3n) is 2.10. The molecule has 12 heavy (non-hydrogen) atoms. The van der Waals surface area contributed by atoms with Crippen LogP contribution in [-0.2, 0) is 0 Å². The summed E-state index contributed by atoms with van der Waals surface area (Å²) in [5, 5.41) is 9.57. The molecule has 0 radical (unpaired) electrons. The van der Waals surface area contributed by atoms with Gasteiger partial charge in [-0.2, -0.15) is 0 Å². The van der Waals surface area contributed by atoms with Crippen molar-refractivity contribution in [1.82, 2.24) is 0 Å². The van der Waals surface area contributed by atoms with Crippen molar-refractivity contribution in [3.05, 3.63) is 34.9 Å². The molecule has 1 aromatic rings. The Kier molecular flexibility index (Phi) is 2.84. The van der Waals surface area contributed by atoms with Gasteiger partial charge < -0.3 is 10.8 Å². The van der Waals surface area contributed by atoms with Crippen molar-refractivity contribution in [2.24, 2.45) is 5.73 Å². The van der Waals surface area contributed by atoms with Crippen LogP contribution >= 0.6 is 0 Å². The van der Waals surface area contributed by atoms with E-state index in [-0.39, 0.29) is 6.54 Å². The number of benzene rings is 1. The Morgan fingerprint density at radius 2 is 1.83 bits per heavy atom. The topological polar surface area (TPSA) is 46.2 Å². The molecular formula is C10H15NO. The Bertz CT molecular complexity index is 250. The molecular weight excluding hydrogens is 150 g/mol. The second kappa shape index (κ2) is 3.70. The number of rotatable bonds is 2. The van der Waals surface area contributed by atoms with Crippen LogP contribution in [0.15, 0.2) is 18.2 Å².